The van der Waals surface area contributed by atoms with E-state index < -0.39 is 34.0 Å². The van der Waals surface area contributed by atoms with Crippen LogP contribution in [-0.4, -0.2) is 78.4 Å². The zero-order chi connectivity index (χ0) is 29.4. The Kier molecular flexibility index (Phi) is 7.94. The number of hydrogen-bond donors (Lipinski definition) is 2. The molecule has 3 aromatic rings. The van der Waals surface area contributed by atoms with Gasteiger partial charge >= 0.3 is 0 Å². The first-order valence-corrected chi connectivity index (χ1v) is 15.3. The van der Waals surface area contributed by atoms with Gasteiger partial charge in [0.1, 0.15) is 11.5 Å². The van der Waals surface area contributed by atoms with Crippen LogP contribution in [0.5, 0.6) is 0 Å². The number of hydrogen-bond acceptors (Lipinski definition) is 7. The Hall–Kier alpha value is -3.32. The van der Waals surface area contributed by atoms with Gasteiger partial charge in [0, 0.05) is 56.5 Å². The maximum atomic E-state index is 14.6. The fraction of sp³-hybridized carbons (Fsp3) is 0.500. The molecule has 0 aliphatic carbocycles. The van der Waals surface area contributed by atoms with Crippen LogP contribution in [0.1, 0.15) is 38.3 Å². The Balaban J connectivity index is 1.46. The number of alkyl halides is 3. The lowest BCUT2D eigenvalue weighted by molar-refractivity contribution is -0.0221. The van der Waals surface area contributed by atoms with Gasteiger partial charge in [-0.2, -0.15) is 5.10 Å². The number of aliphatic hydroxyl groups is 1. The van der Waals surface area contributed by atoms with Crippen LogP contribution < -0.4 is 14.5 Å². The highest BCUT2D eigenvalue weighted by molar-refractivity contribution is 7.92. The first-order chi connectivity index (χ1) is 19.3. The molecule has 2 aliphatic rings. The van der Waals surface area contributed by atoms with Gasteiger partial charge in [-0.05, 0) is 62.6 Å². The highest BCUT2D eigenvalue weighted by atomic mass is 32.2. The molecule has 13 heteroatoms. The van der Waals surface area contributed by atoms with Gasteiger partial charge in [-0.3, -0.25) is 4.72 Å². The van der Waals surface area contributed by atoms with E-state index in [-0.39, 0.29) is 25.9 Å². The van der Waals surface area contributed by atoms with Crippen LogP contribution in [0.25, 0.3) is 16.8 Å². The van der Waals surface area contributed by atoms with E-state index in [2.05, 4.69) is 14.8 Å². The number of nitrogens with zero attached hydrogens (tertiary/aromatic N) is 5. The van der Waals surface area contributed by atoms with Crippen LogP contribution in [0.2, 0.25) is 0 Å². The van der Waals surface area contributed by atoms with Crippen molar-refractivity contribution in [2.45, 2.75) is 51.1 Å². The van der Waals surface area contributed by atoms with Gasteiger partial charge in [0.2, 0.25) is 10.0 Å². The van der Waals surface area contributed by atoms with Crippen molar-refractivity contribution < 1.29 is 26.7 Å². The lowest BCUT2D eigenvalue weighted by Crippen LogP contribution is -2.40. The zero-order valence-electron chi connectivity index (χ0n) is 23.2. The third kappa shape index (κ3) is 6.95. The minimum Gasteiger partial charge on any atom is -0.395 e. The van der Waals surface area contributed by atoms with E-state index in [0.29, 0.717) is 48.8 Å². The van der Waals surface area contributed by atoms with Crippen LogP contribution in [0.15, 0.2) is 42.7 Å². The van der Waals surface area contributed by atoms with Crippen LogP contribution in [0.4, 0.5) is 30.4 Å². The van der Waals surface area contributed by atoms with E-state index in [1.54, 1.807) is 36.0 Å². The van der Waals surface area contributed by atoms with Crippen molar-refractivity contribution in [3.63, 3.8) is 0 Å². The second-order valence-corrected chi connectivity index (χ2v) is 13.0. The molecule has 0 unspecified atom stereocenters. The molecule has 2 aromatic heterocycles. The highest BCUT2D eigenvalue weighted by Gasteiger charge is 2.34. The van der Waals surface area contributed by atoms with Gasteiger partial charge in [-0.15, -0.1) is 0 Å². The van der Waals surface area contributed by atoms with Gasteiger partial charge in [-0.1, -0.05) is 0 Å². The number of aromatic nitrogens is 3. The summed E-state index contributed by atoms with van der Waals surface area (Å²) in [5.74, 6) is -2.43. The van der Waals surface area contributed by atoms with Crippen molar-refractivity contribution in [3.8, 4) is 16.8 Å². The summed E-state index contributed by atoms with van der Waals surface area (Å²) in [6, 6.07) is 8.87. The van der Waals surface area contributed by atoms with Crippen molar-refractivity contribution in [1.82, 2.24) is 14.8 Å². The molecule has 2 saturated heterocycles. The summed E-state index contributed by atoms with van der Waals surface area (Å²) in [6.45, 7) is 4.30. The molecular formula is C28H35F3N6O3S. The predicted octanol–water partition coefficient (Wildman–Crippen LogP) is 4.54. The fourth-order valence-electron chi connectivity index (χ4n) is 5.24. The number of piperidine rings is 2. The highest BCUT2D eigenvalue weighted by Crippen LogP contribution is 2.36. The number of anilines is 3. The third-order valence-electron chi connectivity index (χ3n) is 7.68. The summed E-state index contributed by atoms with van der Waals surface area (Å²) < 4.78 is 70.8. The molecule has 5 rings (SSSR count). The van der Waals surface area contributed by atoms with Gasteiger partial charge < -0.3 is 14.9 Å². The number of pyridine rings is 1. The standard InChI is InChI=1S/C28H35F3N6O3S/c1-20-15-21(16-26(33-20)36-11-7-28(30,31)8-12-36)22-18-32-37(19-22)24-4-3-23(34-41(39,40)14-13-38)17-25(24)35-9-5-27(2,29)6-10-35/h3-4,15-19,34,38H,5-14H2,1-2H3. The molecular weight excluding hydrogens is 557 g/mol. The lowest BCUT2D eigenvalue weighted by atomic mass is 9.95. The van der Waals surface area contributed by atoms with E-state index in [0.717, 1.165) is 16.8 Å². The van der Waals surface area contributed by atoms with Crippen LogP contribution in [0.3, 0.4) is 0 Å². The van der Waals surface area contributed by atoms with Gasteiger partial charge in [-0.25, -0.2) is 31.3 Å². The maximum Gasteiger partial charge on any atom is 0.251 e. The summed E-state index contributed by atoms with van der Waals surface area (Å²) in [5, 5.41) is 13.7. The number of rotatable bonds is 8. The molecule has 2 fully saturated rings. The van der Waals surface area contributed by atoms with Crippen molar-refractivity contribution in [3.05, 3.63) is 48.4 Å². The van der Waals surface area contributed by atoms with Gasteiger partial charge in [0.15, 0.2) is 0 Å². The van der Waals surface area contributed by atoms with Crippen molar-refractivity contribution in [2.24, 2.45) is 0 Å². The van der Waals surface area contributed by atoms with E-state index in [4.69, 9.17) is 5.11 Å². The molecule has 0 atom stereocenters. The molecule has 1 aromatic carbocycles. The van der Waals surface area contributed by atoms with E-state index in [1.807, 2.05) is 35.1 Å². The molecule has 2 N–H and O–H groups in total. The smallest absolute Gasteiger partial charge is 0.251 e. The van der Waals surface area contributed by atoms with Crippen LogP contribution >= 0.6 is 0 Å². The molecule has 0 amide bonds. The average molecular weight is 593 g/mol. The molecule has 41 heavy (non-hydrogen) atoms. The number of aliphatic hydroxyl groups excluding tert-OH is 1. The number of halogens is 3. The van der Waals surface area contributed by atoms with E-state index in [1.165, 1.54) is 0 Å². The molecule has 0 radical (unpaired) electrons. The van der Waals surface area contributed by atoms with Crippen molar-refractivity contribution in [2.75, 3.05) is 53.1 Å². The molecule has 4 heterocycles. The second-order valence-electron chi connectivity index (χ2n) is 11.1. The molecule has 0 spiro atoms. The van der Waals surface area contributed by atoms with E-state index in [9.17, 15) is 21.6 Å². The quantitative estimate of drug-likeness (QED) is 0.396. The Bertz CT molecular complexity index is 1490. The molecule has 0 saturated carbocycles. The summed E-state index contributed by atoms with van der Waals surface area (Å²) in [7, 11) is -3.74. The summed E-state index contributed by atoms with van der Waals surface area (Å²) in [5.41, 5.74) is 2.85. The summed E-state index contributed by atoms with van der Waals surface area (Å²) >= 11 is 0. The third-order valence-corrected chi connectivity index (χ3v) is 8.94. The van der Waals surface area contributed by atoms with Crippen molar-refractivity contribution in [1.29, 1.82) is 0 Å². The summed E-state index contributed by atoms with van der Waals surface area (Å²) in [6.07, 6.45) is 3.81. The Morgan fingerprint density at radius 2 is 1.63 bits per heavy atom. The monoisotopic (exact) mass is 592 g/mol. The predicted molar refractivity (Wildman–Crippen MR) is 153 cm³/mol. The normalized spacial score (nSPS) is 18.9. The second kappa shape index (κ2) is 11.2. The molecule has 9 nitrogen and oxygen atoms in total. The van der Waals surface area contributed by atoms with Crippen LogP contribution in [-0.2, 0) is 10.0 Å². The maximum absolute atomic E-state index is 14.6. The number of sulfonamides is 1. The first-order valence-electron chi connectivity index (χ1n) is 13.7. The van der Waals surface area contributed by atoms with Gasteiger partial charge in [0.25, 0.3) is 5.92 Å². The first kappa shape index (κ1) is 29.2. The topological polar surface area (TPSA) is 104 Å². The molecule has 2 aliphatic heterocycles. The largest absolute Gasteiger partial charge is 0.395 e. The Morgan fingerprint density at radius 3 is 2.32 bits per heavy atom. The number of benzene rings is 1. The Labute approximate surface area is 238 Å². The average Bonchev–Trinajstić information content (AvgIpc) is 3.38. The summed E-state index contributed by atoms with van der Waals surface area (Å²) in [4.78, 5) is 8.47. The Morgan fingerprint density at radius 1 is 0.951 bits per heavy atom. The van der Waals surface area contributed by atoms with Gasteiger partial charge in [0.05, 0.1) is 35.6 Å². The minimum absolute atomic E-state index is 0.205. The number of nitrogens with one attached hydrogen (secondary N) is 1. The SMILES string of the molecule is Cc1cc(-c2cnn(-c3ccc(NS(=O)(=O)CCO)cc3N3CCC(C)(F)CC3)c2)cc(N2CCC(F)(F)CC2)n1. The minimum atomic E-state index is -3.74. The number of aryl methyl sites for hydroxylation is 1. The lowest BCUT2D eigenvalue weighted by Gasteiger charge is -2.36. The van der Waals surface area contributed by atoms with E-state index >= 15 is 0 Å². The molecule has 0 bridgehead atoms. The fourth-order valence-corrected chi connectivity index (χ4v) is 6.07. The van der Waals surface area contributed by atoms with Crippen LogP contribution in [0, 0.1) is 6.92 Å². The zero-order valence-corrected chi connectivity index (χ0v) is 24.0. The van der Waals surface area contributed by atoms with Crippen molar-refractivity contribution >= 4 is 27.2 Å². The molecule has 222 valence electrons.